The van der Waals surface area contributed by atoms with Gasteiger partial charge in [0.2, 0.25) is 0 Å². The summed E-state index contributed by atoms with van der Waals surface area (Å²) in [5.74, 6) is -0.103. The molecule has 1 saturated carbocycles. The smallest absolute Gasteiger partial charge is 0.326 e. The van der Waals surface area contributed by atoms with Crippen molar-refractivity contribution in [3.05, 3.63) is 0 Å². The number of esters is 1. The number of carbonyl (C=O) groups is 1. The Labute approximate surface area is 124 Å². The van der Waals surface area contributed by atoms with E-state index in [0.29, 0.717) is 12.1 Å². The van der Waals surface area contributed by atoms with Crippen molar-refractivity contribution >= 4 is 5.97 Å². The Bertz CT molecular complexity index is 320. The average molecular weight is 284 g/mol. The number of hydrogen-bond donors (Lipinski definition) is 1. The first-order valence-electron chi connectivity index (χ1n) is 7.94. The van der Waals surface area contributed by atoms with Gasteiger partial charge in [-0.05, 0) is 59.9 Å². The molecule has 0 heterocycles. The van der Waals surface area contributed by atoms with Crippen molar-refractivity contribution in [3.8, 4) is 0 Å². The zero-order valence-corrected chi connectivity index (χ0v) is 14.0. The third kappa shape index (κ3) is 3.95. The van der Waals surface area contributed by atoms with E-state index in [-0.39, 0.29) is 12.0 Å². The first kappa shape index (κ1) is 17.4. The molecule has 1 N–H and O–H groups in total. The lowest BCUT2D eigenvalue weighted by Crippen LogP contribution is -2.60. The van der Waals surface area contributed by atoms with E-state index < -0.39 is 5.54 Å². The average Bonchev–Trinajstić information content (AvgIpc) is 2.44. The molecule has 20 heavy (non-hydrogen) atoms. The molecule has 1 aliphatic carbocycles. The third-order valence-corrected chi connectivity index (χ3v) is 4.73. The van der Waals surface area contributed by atoms with Gasteiger partial charge in [-0.2, -0.15) is 0 Å². The normalized spacial score (nSPS) is 28.7. The van der Waals surface area contributed by atoms with Crippen LogP contribution in [0.15, 0.2) is 0 Å². The first-order chi connectivity index (χ1) is 9.36. The van der Waals surface area contributed by atoms with Crippen LogP contribution in [0, 0.1) is 0 Å². The summed E-state index contributed by atoms with van der Waals surface area (Å²) in [5.41, 5.74) is -0.506. The summed E-state index contributed by atoms with van der Waals surface area (Å²) in [6.45, 7) is 8.65. The van der Waals surface area contributed by atoms with Crippen LogP contribution in [0.25, 0.3) is 0 Å². The summed E-state index contributed by atoms with van der Waals surface area (Å²) in [7, 11) is 3.68. The van der Waals surface area contributed by atoms with Crippen LogP contribution < -0.4 is 5.32 Å². The van der Waals surface area contributed by atoms with Crippen molar-refractivity contribution in [3.63, 3.8) is 0 Å². The van der Waals surface area contributed by atoms with Crippen LogP contribution in [0.4, 0.5) is 0 Å². The van der Waals surface area contributed by atoms with Crippen LogP contribution in [-0.2, 0) is 9.53 Å². The van der Waals surface area contributed by atoms with E-state index in [9.17, 15) is 4.79 Å². The number of rotatable bonds is 6. The molecule has 0 aromatic heterocycles. The van der Waals surface area contributed by atoms with E-state index in [4.69, 9.17) is 4.74 Å². The Hall–Kier alpha value is -0.610. The van der Waals surface area contributed by atoms with Gasteiger partial charge < -0.3 is 9.64 Å². The Morgan fingerprint density at radius 3 is 2.60 bits per heavy atom. The third-order valence-electron chi connectivity index (χ3n) is 4.73. The van der Waals surface area contributed by atoms with Crippen LogP contribution in [0.3, 0.4) is 0 Å². The molecular weight excluding hydrogens is 252 g/mol. The molecule has 1 rings (SSSR count). The molecule has 4 nitrogen and oxygen atoms in total. The Morgan fingerprint density at radius 1 is 1.45 bits per heavy atom. The maximum atomic E-state index is 12.3. The van der Waals surface area contributed by atoms with E-state index in [1.807, 2.05) is 0 Å². The summed E-state index contributed by atoms with van der Waals surface area (Å²) >= 11 is 0. The zero-order valence-electron chi connectivity index (χ0n) is 14.0. The van der Waals surface area contributed by atoms with Crippen molar-refractivity contribution in [2.75, 3.05) is 14.2 Å². The lowest BCUT2D eigenvalue weighted by atomic mass is 9.77. The van der Waals surface area contributed by atoms with Gasteiger partial charge in [0.25, 0.3) is 0 Å². The second-order valence-electron chi connectivity index (χ2n) is 6.55. The lowest BCUT2D eigenvalue weighted by Gasteiger charge is -2.44. The van der Waals surface area contributed by atoms with Gasteiger partial charge in [-0.1, -0.05) is 6.92 Å². The first-order valence-corrected chi connectivity index (χ1v) is 7.94. The van der Waals surface area contributed by atoms with Gasteiger partial charge in [0.05, 0.1) is 7.11 Å². The van der Waals surface area contributed by atoms with E-state index in [1.165, 1.54) is 13.5 Å². The van der Waals surface area contributed by atoms with Gasteiger partial charge >= 0.3 is 5.97 Å². The minimum atomic E-state index is -0.506. The maximum Gasteiger partial charge on any atom is 0.326 e. The molecule has 3 atom stereocenters. The van der Waals surface area contributed by atoms with E-state index in [1.54, 1.807) is 0 Å². The van der Waals surface area contributed by atoms with E-state index in [2.05, 4.69) is 45.0 Å². The number of nitrogens with zero attached hydrogens (tertiary/aromatic N) is 1. The highest BCUT2D eigenvalue weighted by atomic mass is 16.5. The SMILES string of the molecule is CCC(C)N(C)C1CCCC(NC(C)C)(C(=O)OC)C1. The second kappa shape index (κ2) is 7.41. The molecule has 0 bridgehead atoms. The molecular formula is C16H32N2O2. The molecule has 0 aromatic rings. The fourth-order valence-corrected chi connectivity index (χ4v) is 3.36. The van der Waals surface area contributed by atoms with Crippen molar-refractivity contribution in [1.29, 1.82) is 0 Å². The highest BCUT2D eigenvalue weighted by Crippen LogP contribution is 2.33. The van der Waals surface area contributed by atoms with Crippen LogP contribution in [0.2, 0.25) is 0 Å². The number of carbonyl (C=O) groups excluding carboxylic acids is 1. The van der Waals surface area contributed by atoms with Crippen molar-refractivity contribution in [2.45, 2.75) is 83.5 Å². The monoisotopic (exact) mass is 284 g/mol. The molecule has 0 amide bonds. The zero-order chi connectivity index (χ0) is 15.3. The van der Waals surface area contributed by atoms with Gasteiger partial charge in [-0.25, -0.2) is 0 Å². The minimum absolute atomic E-state index is 0.103. The second-order valence-corrected chi connectivity index (χ2v) is 6.55. The summed E-state index contributed by atoms with van der Waals surface area (Å²) in [6.07, 6.45) is 5.09. The van der Waals surface area contributed by atoms with Crippen LogP contribution >= 0.6 is 0 Å². The standard InChI is InChI=1S/C16H32N2O2/c1-7-13(4)18(5)14-9-8-10-16(11-14,15(19)20-6)17-12(2)3/h12-14,17H,7-11H2,1-6H3. The van der Waals surface area contributed by atoms with Crippen molar-refractivity contribution in [2.24, 2.45) is 0 Å². The summed E-state index contributed by atoms with van der Waals surface area (Å²) in [4.78, 5) is 14.8. The predicted molar refractivity (Wildman–Crippen MR) is 82.8 cm³/mol. The van der Waals surface area contributed by atoms with Gasteiger partial charge in [0, 0.05) is 18.1 Å². The molecule has 0 spiro atoms. The number of hydrogen-bond acceptors (Lipinski definition) is 4. The van der Waals surface area contributed by atoms with Crippen LogP contribution in [0.5, 0.6) is 0 Å². The van der Waals surface area contributed by atoms with Crippen LogP contribution in [0.1, 0.15) is 59.8 Å². The molecule has 0 aromatic carbocycles. The number of methoxy groups -OCH3 is 1. The molecule has 1 fully saturated rings. The fraction of sp³-hybridized carbons (Fsp3) is 0.938. The lowest BCUT2D eigenvalue weighted by molar-refractivity contribution is -0.151. The molecule has 0 aliphatic heterocycles. The molecule has 3 unspecified atom stereocenters. The number of ether oxygens (including phenoxy) is 1. The van der Waals surface area contributed by atoms with E-state index >= 15 is 0 Å². The van der Waals surface area contributed by atoms with Gasteiger partial charge in [0.15, 0.2) is 0 Å². The molecule has 118 valence electrons. The van der Waals surface area contributed by atoms with Gasteiger partial charge in [-0.15, -0.1) is 0 Å². The predicted octanol–water partition coefficient (Wildman–Crippen LogP) is 2.57. The maximum absolute atomic E-state index is 12.3. The van der Waals surface area contributed by atoms with E-state index in [0.717, 1.165) is 25.7 Å². The number of nitrogens with one attached hydrogen (secondary N) is 1. The molecule has 0 saturated heterocycles. The summed E-state index contributed by atoms with van der Waals surface area (Å²) in [5, 5.41) is 3.49. The highest BCUT2D eigenvalue weighted by molar-refractivity contribution is 5.81. The Kier molecular flexibility index (Phi) is 6.46. The molecule has 0 radical (unpaired) electrons. The Morgan fingerprint density at radius 2 is 2.10 bits per heavy atom. The van der Waals surface area contributed by atoms with Gasteiger partial charge in [-0.3, -0.25) is 10.1 Å². The Balaban J connectivity index is 2.88. The topological polar surface area (TPSA) is 41.6 Å². The quantitative estimate of drug-likeness (QED) is 0.761. The minimum Gasteiger partial charge on any atom is -0.468 e. The van der Waals surface area contributed by atoms with Crippen molar-refractivity contribution in [1.82, 2.24) is 10.2 Å². The summed E-state index contributed by atoms with van der Waals surface area (Å²) < 4.78 is 5.09. The van der Waals surface area contributed by atoms with Crippen molar-refractivity contribution < 1.29 is 9.53 Å². The molecule has 4 heteroatoms. The molecule has 1 aliphatic rings. The summed E-state index contributed by atoms with van der Waals surface area (Å²) in [6, 6.07) is 1.28. The highest BCUT2D eigenvalue weighted by Gasteiger charge is 2.45. The largest absolute Gasteiger partial charge is 0.468 e. The van der Waals surface area contributed by atoms with Crippen LogP contribution in [-0.4, -0.2) is 48.7 Å². The van der Waals surface area contributed by atoms with Gasteiger partial charge in [0.1, 0.15) is 5.54 Å². The fourth-order valence-electron chi connectivity index (χ4n) is 3.36.